The summed E-state index contributed by atoms with van der Waals surface area (Å²) >= 11 is 0. The Morgan fingerprint density at radius 1 is 1.30 bits per heavy atom. The largest absolute Gasteiger partial charge is 0.384 e. The molecule has 126 valence electrons. The third kappa shape index (κ3) is 3.56. The summed E-state index contributed by atoms with van der Waals surface area (Å²) in [6.07, 6.45) is 1.35. The molecule has 0 aliphatic carbocycles. The molecule has 0 aliphatic heterocycles. The molecule has 0 amide bonds. The fourth-order valence-electron chi connectivity index (χ4n) is 2.55. The number of hydrogen-bond acceptors (Lipinski definition) is 4. The summed E-state index contributed by atoms with van der Waals surface area (Å²) in [5.41, 5.74) is -2.53. The van der Waals surface area contributed by atoms with Crippen LogP contribution in [0.4, 0.5) is 8.78 Å². The van der Waals surface area contributed by atoms with E-state index in [9.17, 15) is 13.9 Å². The van der Waals surface area contributed by atoms with Crippen LogP contribution in [-0.4, -0.2) is 33.5 Å². The number of aliphatic hydroxyl groups is 1. The number of nitrogens with one attached hydrogen (secondary N) is 1. The summed E-state index contributed by atoms with van der Waals surface area (Å²) in [5, 5.41) is 17.8. The van der Waals surface area contributed by atoms with Crippen molar-refractivity contribution in [1.29, 1.82) is 0 Å². The summed E-state index contributed by atoms with van der Waals surface area (Å²) in [6.45, 7) is 6.02. The van der Waals surface area contributed by atoms with Crippen LogP contribution in [0.1, 0.15) is 32.2 Å². The van der Waals surface area contributed by atoms with Crippen molar-refractivity contribution >= 4 is 0 Å². The van der Waals surface area contributed by atoms with Crippen LogP contribution >= 0.6 is 0 Å². The van der Waals surface area contributed by atoms with Crippen LogP contribution in [0.25, 0.3) is 0 Å². The number of aromatic amines is 1. The van der Waals surface area contributed by atoms with Crippen molar-refractivity contribution in [1.82, 2.24) is 15.2 Å². The number of nitrogens with zero attached hydrogens (tertiary/aromatic N) is 2. The highest BCUT2D eigenvalue weighted by Gasteiger charge is 2.47. The van der Waals surface area contributed by atoms with Crippen molar-refractivity contribution in [3.05, 3.63) is 47.5 Å². The molecule has 7 heteroatoms. The van der Waals surface area contributed by atoms with Crippen molar-refractivity contribution in [2.45, 2.75) is 32.8 Å². The lowest BCUT2D eigenvalue weighted by Crippen LogP contribution is -2.47. The highest BCUT2D eigenvalue weighted by molar-refractivity contribution is 5.28. The van der Waals surface area contributed by atoms with E-state index in [1.165, 1.54) is 12.4 Å². The van der Waals surface area contributed by atoms with Crippen LogP contribution in [0.3, 0.4) is 0 Å². The minimum absolute atomic E-state index is 0.00611. The number of H-pyrrole nitrogens is 1. The lowest BCUT2D eigenvalue weighted by atomic mass is 9.69. The zero-order chi connectivity index (χ0) is 17.1. The van der Waals surface area contributed by atoms with Crippen LogP contribution < -0.4 is 0 Å². The van der Waals surface area contributed by atoms with E-state index in [-0.39, 0.29) is 18.6 Å². The lowest BCUT2D eigenvalue weighted by molar-refractivity contribution is -0.112. The molecule has 0 fully saturated rings. The Kier molecular flexibility index (Phi) is 5.11. The number of halogens is 2. The number of benzene rings is 1. The number of rotatable bonds is 7. The fourth-order valence-corrected chi connectivity index (χ4v) is 2.55. The third-order valence-corrected chi connectivity index (χ3v) is 4.04. The van der Waals surface area contributed by atoms with E-state index >= 15 is 0 Å². The molecule has 2 N–H and O–H groups in total. The molecule has 1 aromatic heterocycles. The molecule has 1 aromatic carbocycles. The normalized spacial score (nSPS) is 14.7. The van der Waals surface area contributed by atoms with Gasteiger partial charge in [-0.1, -0.05) is 19.9 Å². The van der Waals surface area contributed by atoms with Gasteiger partial charge in [-0.25, -0.2) is 13.8 Å². The van der Waals surface area contributed by atoms with E-state index in [4.69, 9.17) is 4.74 Å². The summed E-state index contributed by atoms with van der Waals surface area (Å²) in [7, 11) is 0. The zero-order valence-electron chi connectivity index (χ0n) is 13.4. The molecule has 1 atom stereocenters. The molecular formula is C16H21F2N3O2. The van der Waals surface area contributed by atoms with Crippen LogP contribution in [-0.2, 0) is 16.8 Å². The van der Waals surface area contributed by atoms with Gasteiger partial charge < -0.3 is 9.84 Å². The predicted molar refractivity (Wildman–Crippen MR) is 80.6 cm³/mol. The van der Waals surface area contributed by atoms with Crippen molar-refractivity contribution in [3.63, 3.8) is 0 Å². The van der Waals surface area contributed by atoms with E-state index in [1.807, 2.05) is 6.92 Å². The molecule has 5 nitrogen and oxygen atoms in total. The molecule has 1 heterocycles. The van der Waals surface area contributed by atoms with Gasteiger partial charge in [0.15, 0.2) is 5.82 Å². The van der Waals surface area contributed by atoms with Gasteiger partial charge in [-0.15, -0.1) is 0 Å². The average Bonchev–Trinajstić information content (AvgIpc) is 2.97. The van der Waals surface area contributed by atoms with Crippen LogP contribution in [0.15, 0.2) is 24.5 Å². The molecular weight excluding hydrogens is 304 g/mol. The van der Waals surface area contributed by atoms with Gasteiger partial charge in [-0.05, 0) is 13.0 Å². The van der Waals surface area contributed by atoms with Gasteiger partial charge in [0.05, 0.1) is 6.61 Å². The molecule has 0 saturated heterocycles. The number of aromatic nitrogens is 3. The standard InChI is InChI=1S/C16H21F2N3O2/c1-4-23-9-15(2,3)16(22,8-14-19-10-20-21-14)12-6-5-11(17)7-13(12)18/h5-7,10,22H,4,8-9H2,1-3H3,(H,19,20,21). The Morgan fingerprint density at radius 3 is 2.61 bits per heavy atom. The first-order valence-electron chi connectivity index (χ1n) is 7.40. The minimum atomic E-state index is -1.66. The predicted octanol–water partition coefficient (Wildman–Crippen LogP) is 2.58. The Hall–Kier alpha value is -1.86. The Balaban J connectivity index is 2.49. The molecule has 1 unspecified atom stereocenters. The summed E-state index contributed by atoms with van der Waals surface area (Å²) in [6, 6.07) is 3.14. The topological polar surface area (TPSA) is 71.0 Å². The quantitative estimate of drug-likeness (QED) is 0.821. The van der Waals surface area contributed by atoms with Gasteiger partial charge >= 0.3 is 0 Å². The van der Waals surface area contributed by atoms with E-state index in [0.29, 0.717) is 12.4 Å². The Labute approximate surface area is 133 Å². The van der Waals surface area contributed by atoms with Gasteiger partial charge in [0.2, 0.25) is 0 Å². The van der Waals surface area contributed by atoms with Gasteiger partial charge in [0.1, 0.15) is 23.6 Å². The van der Waals surface area contributed by atoms with Crippen molar-refractivity contribution in [3.8, 4) is 0 Å². The van der Waals surface area contributed by atoms with Crippen LogP contribution in [0.5, 0.6) is 0 Å². The van der Waals surface area contributed by atoms with Crippen molar-refractivity contribution in [2.24, 2.45) is 5.41 Å². The number of hydrogen-bond donors (Lipinski definition) is 2. The first-order chi connectivity index (χ1) is 10.8. The average molecular weight is 325 g/mol. The highest BCUT2D eigenvalue weighted by atomic mass is 19.1. The smallest absolute Gasteiger partial charge is 0.153 e. The summed E-state index contributed by atoms with van der Waals surface area (Å²) in [4.78, 5) is 4.00. The monoisotopic (exact) mass is 325 g/mol. The van der Waals surface area contributed by atoms with Crippen LogP contribution in [0.2, 0.25) is 0 Å². The van der Waals surface area contributed by atoms with Gasteiger partial charge in [0, 0.05) is 30.1 Å². The molecule has 0 aliphatic rings. The maximum absolute atomic E-state index is 14.3. The van der Waals surface area contributed by atoms with Crippen molar-refractivity contribution in [2.75, 3.05) is 13.2 Å². The molecule has 2 rings (SSSR count). The minimum Gasteiger partial charge on any atom is -0.384 e. The molecule has 23 heavy (non-hydrogen) atoms. The zero-order valence-corrected chi connectivity index (χ0v) is 13.4. The maximum Gasteiger partial charge on any atom is 0.153 e. The first-order valence-corrected chi connectivity index (χ1v) is 7.40. The van der Waals surface area contributed by atoms with E-state index < -0.39 is 22.7 Å². The SMILES string of the molecule is CCOCC(C)(C)C(O)(Cc1nc[nH]n1)c1ccc(F)cc1F. The lowest BCUT2D eigenvalue weighted by Gasteiger charge is -2.42. The second-order valence-corrected chi connectivity index (χ2v) is 6.10. The first kappa shape index (κ1) is 17.5. The second kappa shape index (κ2) is 6.72. The molecule has 0 radical (unpaired) electrons. The molecule has 0 bridgehead atoms. The fraction of sp³-hybridized carbons (Fsp3) is 0.500. The van der Waals surface area contributed by atoms with E-state index in [2.05, 4.69) is 15.2 Å². The number of ether oxygens (including phenoxy) is 1. The summed E-state index contributed by atoms with van der Waals surface area (Å²) < 4.78 is 33.0. The van der Waals surface area contributed by atoms with Gasteiger partial charge in [-0.2, -0.15) is 5.10 Å². The van der Waals surface area contributed by atoms with E-state index in [0.717, 1.165) is 12.1 Å². The Morgan fingerprint density at radius 2 is 2.04 bits per heavy atom. The van der Waals surface area contributed by atoms with Crippen LogP contribution in [0, 0.1) is 17.0 Å². The summed E-state index contributed by atoms with van der Waals surface area (Å²) in [5.74, 6) is -1.18. The van der Waals surface area contributed by atoms with Gasteiger partial charge in [-0.3, -0.25) is 5.10 Å². The molecule has 0 saturated carbocycles. The molecule has 0 spiro atoms. The maximum atomic E-state index is 14.3. The third-order valence-electron chi connectivity index (χ3n) is 4.04. The van der Waals surface area contributed by atoms with Crippen molar-refractivity contribution < 1.29 is 18.6 Å². The van der Waals surface area contributed by atoms with Gasteiger partial charge in [0.25, 0.3) is 0 Å². The highest BCUT2D eigenvalue weighted by Crippen LogP contribution is 2.43. The Bertz CT molecular complexity index is 647. The second-order valence-electron chi connectivity index (χ2n) is 6.10. The van der Waals surface area contributed by atoms with E-state index in [1.54, 1.807) is 13.8 Å². The molecule has 2 aromatic rings.